The highest BCUT2D eigenvalue weighted by atomic mass is 15.0. The van der Waals surface area contributed by atoms with E-state index in [0.717, 1.165) is 25.3 Å². The molecule has 0 aliphatic heterocycles. The molecule has 0 bridgehead atoms. The number of benzene rings is 1. The van der Waals surface area contributed by atoms with E-state index in [2.05, 4.69) is 46.5 Å². The number of hydrogen-bond donors (Lipinski definition) is 2. The van der Waals surface area contributed by atoms with Crippen molar-refractivity contribution >= 4 is 0 Å². The maximum Gasteiger partial charge on any atom is 0.109 e. The minimum atomic E-state index is 0.546. The first kappa shape index (κ1) is 13.4. The summed E-state index contributed by atoms with van der Waals surface area (Å²) in [5.74, 6) is 1.71. The summed E-state index contributed by atoms with van der Waals surface area (Å²) in [5, 5.41) is 3.41. The van der Waals surface area contributed by atoms with Crippen LogP contribution in [-0.2, 0) is 19.4 Å². The molecule has 0 spiro atoms. The topological polar surface area (TPSA) is 40.7 Å². The Morgan fingerprint density at radius 3 is 3.00 bits per heavy atom. The number of hydrogen-bond acceptors (Lipinski definition) is 2. The molecule has 1 unspecified atom stereocenters. The quantitative estimate of drug-likeness (QED) is 0.818. The van der Waals surface area contributed by atoms with Crippen LogP contribution < -0.4 is 5.32 Å². The third-order valence-corrected chi connectivity index (χ3v) is 4.12. The number of fused-ring (bicyclic) bond motifs is 1. The lowest BCUT2D eigenvalue weighted by atomic mass is 9.83. The third kappa shape index (κ3) is 2.93. The van der Waals surface area contributed by atoms with Crippen molar-refractivity contribution in [3.05, 3.63) is 53.1 Å². The molecule has 0 amide bonds. The Kier molecular flexibility index (Phi) is 4.16. The van der Waals surface area contributed by atoms with Crippen molar-refractivity contribution in [2.75, 3.05) is 6.54 Å². The Morgan fingerprint density at radius 2 is 2.15 bits per heavy atom. The van der Waals surface area contributed by atoms with Crippen LogP contribution >= 0.6 is 0 Å². The fourth-order valence-electron chi connectivity index (χ4n) is 3.00. The predicted octanol–water partition coefficient (Wildman–Crippen LogP) is 3.18. The van der Waals surface area contributed by atoms with Crippen LogP contribution in [0.3, 0.4) is 0 Å². The molecule has 2 N–H and O–H groups in total. The molecule has 2 aromatic rings. The van der Waals surface area contributed by atoms with Crippen molar-refractivity contribution in [2.24, 2.45) is 0 Å². The number of aromatic amines is 1. The second-order valence-corrected chi connectivity index (χ2v) is 5.68. The van der Waals surface area contributed by atoms with E-state index in [4.69, 9.17) is 0 Å². The highest BCUT2D eigenvalue weighted by Gasteiger charge is 2.21. The fraction of sp³-hybridized carbons (Fsp3) is 0.471. The van der Waals surface area contributed by atoms with Crippen LogP contribution in [-0.4, -0.2) is 16.5 Å². The largest absolute Gasteiger partial charge is 0.345 e. The minimum absolute atomic E-state index is 0.546. The molecule has 1 aliphatic rings. The molecule has 20 heavy (non-hydrogen) atoms. The normalized spacial score (nSPS) is 17.9. The van der Waals surface area contributed by atoms with Crippen molar-refractivity contribution in [1.29, 1.82) is 0 Å². The first-order chi connectivity index (χ1) is 9.86. The molecule has 3 rings (SSSR count). The Morgan fingerprint density at radius 1 is 1.30 bits per heavy atom. The van der Waals surface area contributed by atoms with E-state index in [-0.39, 0.29) is 0 Å². The molecule has 106 valence electrons. The zero-order valence-electron chi connectivity index (χ0n) is 12.2. The number of H-pyrrole nitrogens is 1. The molecule has 3 nitrogen and oxygen atoms in total. The first-order valence-corrected chi connectivity index (χ1v) is 7.68. The summed E-state index contributed by atoms with van der Waals surface area (Å²) in [7, 11) is 0. The van der Waals surface area contributed by atoms with Gasteiger partial charge in [-0.05, 0) is 43.4 Å². The number of aromatic nitrogens is 2. The maximum absolute atomic E-state index is 4.60. The summed E-state index contributed by atoms with van der Waals surface area (Å²) < 4.78 is 0. The van der Waals surface area contributed by atoms with E-state index in [1.807, 2.05) is 6.20 Å². The standard InChI is InChI=1S/C17H23N3/c1-2-9-18-11-16-12-19-17(20-16)15-8-7-13-5-3-4-6-14(13)10-15/h3-6,12,15,18H,2,7-11H2,1H3,(H,19,20). The summed E-state index contributed by atoms with van der Waals surface area (Å²) in [6.07, 6.45) is 6.64. The highest BCUT2D eigenvalue weighted by molar-refractivity contribution is 5.31. The average Bonchev–Trinajstić information content (AvgIpc) is 2.96. The lowest BCUT2D eigenvalue weighted by Gasteiger charge is -2.22. The third-order valence-electron chi connectivity index (χ3n) is 4.12. The van der Waals surface area contributed by atoms with Gasteiger partial charge in [-0.15, -0.1) is 0 Å². The molecule has 0 saturated heterocycles. The van der Waals surface area contributed by atoms with Gasteiger partial charge in [0.1, 0.15) is 5.82 Å². The van der Waals surface area contributed by atoms with Crippen molar-refractivity contribution < 1.29 is 0 Å². The molecule has 1 aromatic heterocycles. The fourth-order valence-corrected chi connectivity index (χ4v) is 3.00. The second kappa shape index (κ2) is 6.23. The van der Waals surface area contributed by atoms with Gasteiger partial charge in [-0.1, -0.05) is 31.2 Å². The Labute approximate surface area is 120 Å². The van der Waals surface area contributed by atoms with E-state index in [0.29, 0.717) is 5.92 Å². The molecule has 0 saturated carbocycles. The van der Waals surface area contributed by atoms with E-state index in [9.17, 15) is 0 Å². The van der Waals surface area contributed by atoms with Crippen LogP contribution in [0.1, 0.15) is 48.3 Å². The van der Waals surface area contributed by atoms with Gasteiger partial charge < -0.3 is 10.3 Å². The van der Waals surface area contributed by atoms with Gasteiger partial charge in [0.25, 0.3) is 0 Å². The molecular formula is C17H23N3. The summed E-state index contributed by atoms with van der Waals surface area (Å²) >= 11 is 0. The van der Waals surface area contributed by atoms with Crippen LogP contribution in [0.15, 0.2) is 30.5 Å². The lowest BCUT2D eigenvalue weighted by Crippen LogP contribution is -2.15. The summed E-state index contributed by atoms with van der Waals surface area (Å²) in [6.45, 7) is 4.14. The van der Waals surface area contributed by atoms with Gasteiger partial charge in [-0.3, -0.25) is 0 Å². The lowest BCUT2D eigenvalue weighted by molar-refractivity contribution is 0.558. The van der Waals surface area contributed by atoms with Crippen molar-refractivity contribution in [2.45, 2.75) is 45.1 Å². The minimum Gasteiger partial charge on any atom is -0.345 e. The number of rotatable bonds is 5. The Bertz CT molecular complexity index is 559. The maximum atomic E-state index is 4.60. The van der Waals surface area contributed by atoms with Crippen LogP contribution in [0.25, 0.3) is 0 Å². The molecule has 0 fully saturated rings. The van der Waals surface area contributed by atoms with Gasteiger partial charge >= 0.3 is 0 Å². The average molecular weight is 269 g/mol. The van der Waals surface area contributed by atoms with E-state index in [1.165, 1.54) is 36.1 Å². The summed E-state index contributed by atoms with van der Waals surface area (Å²) in [4.78, 5) is 8.09. The molecule has 3 heteroatoms. The number of nitrogens with one attached hydrogen (secondary N) is 2. The number of aryl methyl sites for hydroxylation is 1. The van der Waals surface area contributed by atoms with Crippen LogP contribution in [0.2, 0.25) is 0 Å². The van der Waals surface area contributed by atoms with Crippen molar-refractivity contribution in [1.82, 2.24) is 15.3 Å². The Hall–Kier alpha value is -1.61. The molecule has 1 heterocycles. The summed E-state index contributed by atoms with van der Waals surface area (Å²) in [5.41, 5.74) is 4.21. The van der Waals surface area contributed by atoms with Crippen LogP contribution in [0, 0.1) is 0 Å². The van der Waals surface area contributed by atoms with E-state index in [1.54, 1.807) is 0 Å². The van der Waals surface area contributed by atoms with Gasteiger partial charge in [-0.2, -0.15) is 0 Å². The van der Waals surface area contributed by atoms with Crippen LogP contribution in [0.4, 0.5) is 0 Å². The van der Waals surface area contributed by atoms with E-state index >= 15 is 0 Å². The van der Waals surface area contributed by atoms with Crippen molar-refractivity contribution in [3.8, 4) is 0 Å². The summed E-state index contributed by atoms with van der Waals surface area (Å²) in [6, 6.07) is 8.80. The number of imidazole rings is 1. The van der Waals surface area contributed by atoms with Gasteiger partial charge in [0.05, 0.1) is 0 Å². The molecule has 0 radical (unpaired) electrons. The second-order valence-electron chi connectivity index (χ2n) is 5.68. The molecular weight excluding hydrogens is 246 g/mol. The SMILES string of the molecule is CCCNCc1cnc(C2CCc3ccccc3C2)[nH]1. The predicted molar refractivity (Wildman–Crippen MR) is 81.8 cm³/mol. The monoisotopic (exact) mass is 269 g/mol. The molecule has 1 aliphatic carbocycles. The van der Waals surface area contributed by atoms with Gasteiger partial charge in [0.15, 0.2) is 0 Å². The zero-order chi connectivity index (χ0) is 13.8. The highest BCUT2D eigenvalue weighted by Crippen LogP contribution is 2.30. The van der Waals surface area contributed by atoms with Crippen molar-refractivity contribution in [3.63, 3.8) is 0 Å². The van der Waals surface area contributed by atoms with Gasteiger partial charge in [-0.25, -0.2) is 4.98 Å². The zero-order valence-corrected chi connectivity index (χ0v) is 12.2. The first-order valence-electron chi connectivity index (χ1n) is 7.68. The Balaban J connectivity index is 1.66. The molecule has 1 aromatic carbocycles. The van der Waals surface area contributed by atoms with Gasteiger partial charge in [0, 0.05) is 24.4 Å². The van der Waals surface area contributed by atoms with Gasteiger partial charge in [0.2, 0.25) is 0 Å². The molecule has 1 atom stereocenters. The number of nitrogens with zero attached hydrogens (tertiary/aromatic N) is 1. The van der Waals surface area contributed by atoms with E-state index < -0.39 is 0 Å². The smallest absolute Gasteiger partial charge is 0.109 e. The van der Waals surface area contributed by atoms with Crippen LogP contribution in [0.5, 0.6) is 0 Å².